The molecule has 0 bridgehead atoms. The largest absolute Gasteiger partial charge is 0.504 e. The second-order valence-corrected chi connectivity index (χ2v) is 6.77. The van der Waals surface area contributed by atoms with Crippen molar-refractivity contribution >= 4 is 0 Å². The molecule has 21 heavy (non-hydrogen) atoms. The minimum Gasteiger partial charge on any atom is -0.504 e. The van der Waals surface area contributed by atoms with E-state index in [2.05, 4.69) is 6.92 Å². The Hall–Kier alpha value is -1.26. The molecule has 116 valence electrons. The van der Waals surface area contributed by atoms with Crippen LogP contribution in [0.5, 0.6) is 11.5 Å². The average Bonchev–Trinajstić information content (AvgIpc) is 2.50. The molecule has 0 aromatic heterocycles. The molecule has 0 radical (unpaired) electrons. The van der Waals surface area contributed by atoms with E-state index >= 15 is 0 Å². The quantitative estimate of drug-likeness (QED) is 0.732. The number of hydrogen-bond acceptors (Lipinski definition) is 4. The van der Waals surface area contributed by atoms with Crippen LogP contribution in [0.1, 0.15) is 56.3 Å². The fourth-order valence-corrected chi connectivity index (χ4v) is 3.94. The Bertz CT molecular complexity index is 523. The van der Waals surface area contributed by atoms with Gasteiger partial charge in [0.05, 0.1) is 12.2 Å². The van der Waals surface area contributed by atoms with Gasteiger partial charge in [-0.25, -0.2) is 0 Å². The van der Waals surface area contributed by atoms with E-state index in [9.17, 15) is 10.2 Å². The fourth-order valence-electron chi connectivity index (χ4n) is 3.94. The highest BCUT2D eigenvalue weighted by Gasteiger charge is 2.41. The average molecular weight is 291 g/mol. The van der Waals surface area contributed by atoms with E-state index in [0.717, 1.165) is 24.0 Å². The molecule has 1 heterocycles. The van der Waals surface area contributed by atoms with Gasteiger partial charge in [-0.05, 0) is 29.9 Å². The van der Waals surface area contributed by atoms with Crippen molar-refractivity contribution in [2.45, 2.75) is 57.7 Å². The minimum atomic E-state index is -0.191. The van der Waals surface area contributed by atoms with Gasteiger partial charge in [0.15, 0.2) is 11.5 Å². The molecule has 4 nitrogen and oxygen atoms in total. The summed E-state index contributed by atoms with van der Waals surface area (Å²) < 4.78 is 6.28. The molecule has 2 unspecified atom stereocenters. The smallest absolute Gasteiger partial charge is 0.161 e. The first kappa shape index (κ1) is 14.7. The van der Waals surface area contributed by atoms with Crippen molar-refractivity contribution in [3.8, 4) is 11.5 Å². The Morgan fingerprint density at radius 3 is 2.62 bits per heavy atom. The molecular weight excluding hydrogens is 266 g/mol. The van der Waals surface area contributed by atoms with Gasteiger partial charge in [0.2, 0.25) is 0 Å². The molecule has 4 heteroatoms. The van der Waals surface area contributed by atoms with Crippen molar-refractivity contribution in [2.75, 3.05) is 6.54 Å². The minimum absolute atomic E-state index is 0.00124. The maximum absolute atomic E-state index is 10.2. The van der Waals surface area contributed by atoms with Gasteiger partial charge in [-0.3, -0.25) is 0 Å². The molecule has 0 amide bonds. The highest BCUT2D eigenvalue weighted by Crippen LogP contribution is 2.48. The van der Waals surface area contributed by atoms with Gasteiger partial charge in [0.1, 0.15) is 0 Å². The normalized spacial score (nSPS) is 28.1. The van der Waals surface area contributed by atoms with Gasteiger partial charge < -0.3 is 20.7 Å². The predicted octanol–water partition coefficient (Wildman–Crippen LogP) is 3.01. The topological polar surface area (TPSA) is 75.7 Å². The van der Waals surface area contributed by atoms with E-state index in [-0.39, 0.29) is 29.1 Å². The van der Waals surface area contributed by atoms with Crippen LogP contribution in [0.15, 0.2) is 12.1 Å². The molecule has 0 spiro atoms. The number of aromatic hydroxyl groups is 2. The number of benzene rings is 1. The van der Waals surface area contributed by atoms with Crippen LogP contribution >= 0.6 is 0 Å². The second-order valence-electron chi connectivity index (χ2n) is 6.77. The van der Waals surface area contributed by atoms with Crippen molar-refractivity contribution in [1.29, 1.82) is 0 Å². The number of phenolic OH excluding ortho intramolecular Hbond substituents is 2. The highest BCUT2D eigenvalue weighted by molar-refractivity contribution is 5.51. The Labute approximate surface area is 125 Å². The standard InChI is InChI=1S/C17H25NO3/c1-17(7-3-2-4-8-17)15-9-12-11(14(10-18)21-15)5-6-13(19)16(12)20/h5-6,14-15,19-20H,2-4,7-10,18H2,1H3. The fraction of sp³-hybridized carbons (Fsp3) is 0.647. The lowest BCUT2D eigenvalue weighted by molar-refractivity contribution is -0.0981. The molecule has 2 aliphatic rings. The molecule has 1 fully saturated rings. The molecule has 4 N–H and O–H groups in total. The third-order valence-electron chi connectivity index (χ3n) is 5.35. The number of rotatable bonds is 2. The van der Waals surface area contributed by atoms with Gasteiger partial charge in [0.25, 0.3) is 0 Å². The Morgan fingerprint density at radius 2 is 1.95 bits per heavy atom. The third-order valence-corrected chi connectivity index (χ3v) is 5.35. The number of ether oxygens (including phenoxy) is 1. The van der Waals surface area contributed by atoms with Gasteiger partial charge >= 0.3 is 0 Å². The summed E-state index contributed by atoms with van der Waals surface area (Å²) >= 11 is 0. The maximum Gasteiger partial charge on any atom is 0.161 e. The summed E-state index contributed by atoms with van der Waals surface area (Å²) in [4.78, 5) is 0. The van der Waals surface area contributed by atoms with E-state index < -0.39 is 0 Å². The van der Waals surface area contributed by atoms with Gasteiger partial charge in [-0.1, -0.05) is 32.3 Å². The van der Waals surface area contributed by atoms with Crippen LogP contribution < -0.4 is 5.73 Å². The first-order valence-corrected chi connectivity index (χ1v) is 7.94. The van der Waals surface area contributed by atoms with Crippen LogP contribution in [0.4, 0.5) is 0 Å². The molecule has 1 aromatic rings. The molecule has 0 saturated heterocycles. The van der Waals surface area contributed by atoms with Crippen LogP contribution in [0.25, 0.3) is 0 Å². The lowest BCUT2D eigenvalue weighted by atomic mass is 9.69. The summed E-state index contributed by atoms with van der Waals surface area (Å²) in [5, 5.41) is 20.0. The number of phenols is 2. The number of hydrogen-bond donors (Lipinski definition) is 3. The van der Waals surface area contributed by atoms with Crippen LogP contribution in [-0.2, 0) is 11.2 Å². The van der Waals surface area contributed by atoms with Crippen molar-refractivity contribution in [1.82, 2.24) is 0 Å². The van der Waals surface area contributed by atoms with Gasteiger partial charge in [-0.15, -0.1) is 0 Å². The number of fused-ring (bicyclic) bond motifs is 1. The summed E-state index contributed by atoms with van der Waals surface area (Å²) in [5.41, 5.74) is 7.75. The van der Waals surface area contributed by atoms with Crippen molar-refractivity contribution in [3.05, 3.63) is 23.3 Å². The highest BCUT2D eigenvalue weighted by atomic mass is 16.5. The van der Waals surface area contributed by atoms with E-state index in [4.69, 9.17) is 10.5 Å². The molecule has 1 aliphatic heterocycles. The van der Waals surface area contributed by atoms with E-state index in [0.29, 0.717) is 13.0 Å². The zero-order chi connectivity index (χ0) is 15.0. The van der Waals surface area contributed by atoms with Gasteiger partial charge in [0, 0.05) is 18.5 Å². The van der Waals surface area contributed by atoms with Crippen LogP contribution in [-0.4, -0.2) is 22.9 Å². The molecule has 3 rings (SSSR count). The zero-order valence-corrected chi connectivity index (χ0v) is 12.6. The van der Waals surface area contributed by atoms with Crippen molar-refractivity contribution < 1.29 is 14.9 Å². The Kier molecular flexibility index (Phi) is 3.84. The van der Waals surface area contributed by atoms with E-state index in [1.807, 2.05) is 6.07 Å². The van der Waals surface area contributed by atoms with E-state index in [1.165, 1.54) is 25.3 Å². The number of nitrogens with two attached hydrogens (primary N) is 1. The second kappa shape index (κ2) is 5.50. The van der Waals surface area contributed by atoms with E-state index in [1.54, 1.807) is 0 Å². The zero-order valence-electron chi connectivity index (χ0n) is 12.6. The first-order chi connectivity index (χ1) is 10.0. The summed E-state index contributed by atoms with van der Waals surface area (Å²) in [5.74, 6) is -0.0578. The third kappa shape index (κ3) is 2.51. The Morgan fingerprint density at radius 1 is 1.24 bits per heavy atom. The maximum atomic E-state index is 10.2. The van der Waals surface area contributed by atoms with Crippen molar-refractivity contribution in [2.24, 2.45) is 11.1 Å². The lowest BCUT2D eigenvalue weighted by Crippen LogP contribution is -2.42. The summed E-state index contributed by atoms with van der Waals surface area (Å²) in [6, 6.07) is 3.34. The Balaban J connectivity index is 1.95. The molecular formula is C17H25NO3. The molecule has 1 saturated carbocycles. The summed E-state index contributed by atoms with van der Waals surface area (Å²) in [7, 11) is 0. The monoisotopic (exact) mass is 291 g/mol. The molecule has 1 aliphatic carbocycles. The molecule has 2 atom stereocenters. The SMILES string of the molecule is CC1(C2Cc3c(ccc(O)c3O)C(CN)O2)CCCCC1. The van der Waals surface area contributed by atoms with Gasteiger partial charge in [-0.2, -0.15) is 0 Å². The van der Waals surface area contributed by atoms with Crippen LogP contribution in [0.3, 0.4) is 0 Å². The molecule has 1 aromatic carbocycles. The van der Waals surface area contributed by atoms with Crippen LogP contribution in [0.2, 0.25) is 0 Å². The summed E-state index contributed by atoms with van der Waals surface area (Å²) in [6.45, 7) is 2.68. The van der Waals surface area contributed by atoms with Crippen molar-refractivity contribution in [3.63, 3.8) is 0 Å². The summed E-state index contributed by atoms with van der Waals surface area (Å²) in [6.07, 6.45) is 6.61. The van der Waals surface area contributed by atoms with Crippen LogP contribution in [0, 0.1) is 5.41 Å². The predicted molar refractivity (Wildman–Crippen MR) is 81.3 cm³/mol. The first-order valence-electron chi connectivity index (χ1n) is 7.94. The lowest BCUT2D eigenvalue weighted by Gasteiger charge is -2.45.